The summed E-state index contributed by atoms with van der Waals surface area (Å²) in [6.07, 6.45) is 1.02. The SMILES string of the molecule is CS(=O)(=O)Nc1ccc(-c2c(C(=O)O)oc3ccccc3c2=O)cc1. The fourth-order valence-electron chi connectivity index (χ4n) is 2.47. The van der Waals surface area contributed by atoms with Crippen molar-refractivity contribution in [2.24, 2.45) is 0 Å². The summed E-state index contributed by atoms with van der Waals surface area (Å²) in [6.45, 7) is 0. The van der Waals surface area contributed by atoms with E-state index >= 15 is 0 Å². The van der Waals surface area contributed by atoms with Crippen LogP contribution < -0.4 is 10.2 Å². The lowest BCUT2D eigenvalue weighted by atomic mass is 10.0. The van der Waals surface area contributed by atoms with Gasteiger partial charge in [-0.05, 0) is 29.8 Å². The number of nitrogens with one attached hydrogen (secondary N) is 1. The first-order valence-electron chi connectivity index (χ1n) is 7.13. The van der Waals surface area contributed by atoms with E-state index in [2.05, 4.69) is 4.72 Å². The summed E-state index contributed by atoms with van der Waals surface area (Å²) < 4.78 is 30.2. The van der Waals surface area contributed by atoms with Gasteiger partial charge >= 0.3 is 5.97 Å². The molecule has 0 bridgehead atoms. The van der Waals surface area contributed by atoms with Crippen molar-refractivity contribution in [3.63, 3.8) is 0 Å². The number of hydrogen-bond donors (Lipinski definition) is 2. The third kappa shape index (κ3) is 3.38. The Balaban J connectivity index is 2.21. The van der Waals surface area contributed by atoms with E-state index in [9.17, 15) is 23.1 Å². The molecule has 0 aliphatic rings. The molecule has 0 aliphatic heterocycles. The van der Waals surface area contributed by atoms with E-state index in [1.54, 1.807) is 18.2 Å². The van der Waals surface area contributed by atoms with Crippen molar-refractivity contribution in [1.82, 2.24) is 0 Å². The second-order valence-electron chi connectivity index (χ2n) is 5.39. The average Bonchev–Trinajstić information content (AvgIpc) is 2.54. The molecular weight excluding hydrogens is 346 g/mol. The first-order valence-corrected chi connectivity index (χ1v) is 9.03. The second-order valence-corrected chi connectivity index (χ2v) is 7.14. The monoisotopic (exact) mass is 359 g/mol. The third-order valence-corrected chi connectivity index (χ3v) is 4.08. The molecule has 0 spiro atoms. The molecule has 3 rings (SSSR count). The zero-order valence-corrected chi connectivity index (χ0v) is 13.8. The minimum atomic E-state index is -3.44. The predicted octanol–water partition coefficient (Wildman–Crippen LogP) is 2.53. The van der Waals surface area contributed by atoms with Crippen molar-refractivity contribution in [2.45, 2.75) is 0 Å². The van der Waals surface area contributed by atoms with Crippen molar-refractivity contribution in [3.8, 4) is 11.1 Å². The second kappa shape index (κ2) is 6.06. The number of rotatable bonds is 4. The number of anilines is 1. The summed E-state index contributed by atoms with van der Waals surface area (Å²) in [4.78, 5) is 24.3. The van der Waals surface area contributed by atoms with Crippen LogP contribution in [0.3, 0.4) is 0 Å². The molecular formula is C17H13NO6S. The van der Waals surface area contributed by atoms with E-state index in [0.717, 1.165) is 6.26 Å². The molecule has 0 saturated carbocycles. The molecule has 0 saturated heterocycles. The van der Waals surface area contributed by atoms with E-state index in [0.29, 0.717) is 11.3 Å². The number of sulfonamides is 1. The fourth-order valence-corrected chi connectivity index (χ4v) is 3.04. The lowest BCUT2D eigenvalue weighted by Gasteiger charge is -2.08. The Bertz CT molecular complexity index is 1130. The predicted molar refractivity (Wildman–Crippen MR) is 93.3 cm³/mol. The van der Waals surface area contributed by atoms with Gasteiger partial charge < -0.3 is 9.52 Å². The Morgan fingerprint density at radius 2 is 1.72 bits per heavy atom. The number of para-hydroxylation sites is 1. The van der Waals surface area contributed by atoms with E-state index in [1.165, 1.54) is 30.3 Å². The van der Waals surface area contributed by atoms with Crippen LogP contribution in [0.4, 0.5) is 5.69 Å². The van der Waals surface area contributed by atoms with Gasteiger partial charge in [0.25, 0.3) is 0 Å². The van der Waals surface area contributed by atoms with Crippen LogP contribution in [0, 0.1) is 0 Å². The zero-order chi connectivity index (χ0) is 18.2. The molecule has 128 valence electrons. The summed E-state index contributed by atoms with van der Waals surface area (Å²) in [5.41, 5.74) is 0.244. The summed E-state index contributed by atoms with van der Waals surface area (Å²) >= 11 is 0. The number of benzene rings is 2. The first-order chi connectivity index (χ1) is 11.8. The van der Waals surface area contributed by atoms with Crippen LogP contribution in [0.5, 0.6) is 0 Å². The van der Waals surface area contributed by atoms with E-state index in [-0.39, 0.29) is 16.5 Å². The maximum atomic E-state index is 12.7. The third-order valence-electron chi connectivity index (χ3n) is 3.47. The quantitative estimate of drug-likeness (QED) is 0.740. The lowest BCUT2D eigenvalue weighted by Crippen LogP contribution is -2.13. The van der Waals surface area contributed by atoms with Gasteiger partial charge in [0, 0.05) is 5.69 Å². The van der Waals surface area contributed by atoms with Crippen LogP contribution in [0.25, 0.3) is 22.1 Å². The van der Waals surface area contributed by atoms with Gasteiger partial charge in [0.05, 0.1) is 17.2 Å². The van der Waals surface area contributed by atoms with Gasteiger partial charge in [0.15, 0.2) is 0 Å². The molecule has 2 aromatic carbocycles. The van der Waals surface area contributed by atoms with Crippen LogP contribution in [0.15, 0.2) is 57.7 Å². The van der Waals surface area contributed by atoms with Gasteiger partial charge in [-0.3, -0.25) is 9.52 Å². The average molecular weight is 359 g/mol. The molecule has 2 N–H and O–H groups in total. The standard InChI is InChI=1S/C17H13NO6S/c1-25(22,23)18-11-8-6-10(7-9-11)14-15(19)12-4-2-3-5-13(12)24-16(14)17(20)21/h2-9,18H,1H3,(H,20,21). The van der Waals surface area contributed by atoms with Crippen LogP contribution in [-0.4, -0.2) is 25.7 Å². The van der Waals surface area contributed by atoms with Crippen molar-refractivity contribution in [3.05, 3.63) is 64.5 Å². The Labute approximate surface area is 142 Å². The molecule has 0 fully saturated rings. The van der Waals surface area contributed by atoms with Crippen molar-refractivity contribution in [1.29, 1.82) is 0 Å². The highest BCUT2D eigenvalue weighted by molar-refractivity contribution is 7.92. The minimum Gasteiger partial charge on any atom is -0.475 e. The molecule has 0 amide bonds. The maximum Gasteiger partial charge on any atom is 0.372 e. The highest BCUT2D eigenvalue weighted by Gasteiger charge is 2.21. The summed E-state index contributed by atoms with van der Waals surface area (Å²) in [7, 11) is -3.44. The number of fused-ring (bicyclic) bond motifs is 1. The number of carboxylic acids is 1. The van der Waals surface area contributed by atoms with Gasteiger partial charge in [-0.25, -0.2) is 13.2 Å². The first kappa shape index (κ1) is 16.7. The van der Waals surface area contributed by atoms with E-state index in [4.69, 9.17) is 4.42 Å². The number of hydrogen-bond acceptors (Lipinski definition) is 5. The Morgan fingerprint density at radius 3 is 2.32 bits per heavy atom. The van der Waals surface area contributed by atoms with Crippen molar-refractivity contribution < 1.29 is 22.7 Å². The zero-order valence-electron chi connectivity index (χ0n) is 13.0. The summed E-state index contributed by atoms with van der Waals surface area (Å²) in [5, 5.41) is 9.66. The Morgan fingerprint density at radius 1 is 1.08 bits per heavy atom. The molecule has 3 aromatic rings. The van der Waals surface area contributed by atoms with E-state index in [1.807, 2.05) is 0 Å². The number of aromatic carboxylic acids is 1. The Kier molecular flexibility index (Phi) is 4.05. The van der Waals surface area contributed by atoms with Gasteiger partial charge in [0.1, 0.15) is 5.58 Å². The molecule has 1 aromatic heterocycles. The van der Waals surface area contributed by atoms with Crippen LogP contribution >= 0.6 is 0 Å². The van der Waals surface area contributed by atoms with E-state index < -0.39 is 27.2 Å². The number of carbonyl (C=O) groups is 1. The fraction of sp³-hybridized carbons (Fsp3) is 0.0588. The highest BCUT2D eigenvalue weighted by Crippen LogP contribution is 2.26. The van der Waals surface area contributed by atoms with Crippen LogP contribution in [0.1, 0.15) is 10.6 Å². The maximum absolute atomic E-state index is 12.7. The van der Waals surface area contributed by atoms with Crippen molar-refractivity contribution in [2.75, 3.05) is 11.0 Å². The van der Waals surface area contributed by atoms with Crippen molar-refractivity contribution >= 4 is 32.6 Å². The Hall–Kier alpha value is -3.13. The molecule has 1 heterocycles. The largest absolute Gasteiger partial charge is 0.475 e. The molecule has 0 aliphatic carbocycles. The van der Waals surface area contributed by atoms with Crippen LogP contribution in [-0.2, 0) is 10.0 Å². The summed E-state index contributed by atoms with van der Waals surface area (Å²) in [5.74, 6) is -1.83. The number of carboxylic acid groups (broad SMARTS) is 1. The molecule has 0 unspecified atom stereocenters. The van der Waals surface area contributed by atoms with Gasteiger partial charge in [0.2, 0.25) is 21.2 Å². The summed E-state index contributed by atoms with van der Waals surface area (Å²) in [6, 6.07) is 12.2. The highest BCUT2D eigenvalue weighted by atomic mass is 32.2. The van der Waals surface area contributed by atoms with Gasteiger partial charge in [-0.2, -0.15) is 0 Å². The smallest absolute Gasteiger partial charge is 0.372 e. The van der Waals surface area contributed by atoms with Gasteiger partial charge in [-0.15, -0.1) is 0 Å². The molecule has 7 nitrogen and oxygen atoms in total. The molecule has 0 atom stereocenters. The minimum absolute atomic E-state index is 0.0860. The molecule has 0 radical (unpaired) electrons. The lowest BCUT2D eigenvalue weighted by molar-refractivity contribution is 0.0664. The molecule has 25 heavy (non-hydrogen) atoms. The topological polar surface area (TPSA) is 114 Å². The molecule has 8 heteroatoms. The van der Waals surface area contributed by atoms with Gasteiger partial charge in [-0.1, -0.05) is 24.3 Å². The normalized spacial score (nSPS) is 11.4. The van der Waals surface area contributed by atoms with Crippen LogP contribution in [0.2, 0.25) is 0 Å².